The van der Waals surface area contributed by atoms with Crippen LogP contribution >= 0.6 is 15.9 Å². The van der Waals surface area contributed by atoms with E-state index < -0.39 is 5.41 Å². The molecule has 0 saturated carbocycles. The third-order valence-electron chi connectivity index (χ3n) is 7.03. The van der Waals surface area contributed by atoms with Gasteiger partial charge in [0.2, 0.25) is 0 Å². The topological polar surface area (TPSA) is 13.1 Å². The Balaban J connectivity index is 1.73. The summed E-state index contributed by atoms with van der Waals surface area (Å²) in [5.41, 5.74) is 8.87. The van der Waals surface area contributed by atoms with Gasteiger partial charge in [-0.05, 0) is 34.4 Å². The van der Waals surface area contributed by atoms with Crippen LogP contribution in [0.5, 0.6) is 0 Å². The second-order valence-corrected chi connectivity index (χ2v) is 9.46. The van der Waals surface area contributed by atoms with Gasteiger partial charge in [-0.15, -0.1) is 0 Å². The largest absolute Gasteiger partial charge is 0.456 e. The Morgan fingerprint density at radius 1 is 0.545 bits per heavy atom. The molecular formula is C31H19BrO. The van der Waals surface area contributed by atoms with Crippen molar-refractivity contribution >= 4 is 37.9 Å². The molecule has 0 saturated heterocycles. The van der Waals surface area contributed by atoms with Gasteiger partial charge < -0.3 is 4.42 Å². The molecule has 1 unspecified atom stereocenters. The number of furan rings is 1. The molecule has 0 N–H and O–H groups in total. The molecule has 6 aromatic rings. The van der Waals surface area contributed by atoms with Gasteiger partial charge in [-0.1, -0.05) is 119 Å². The second kappa shape index (κ2) is 6.94. The molecule has 5 aromatic carbocycles. The normalized spacial score (nSPS) is 16.8. The number of benzene rings is 5. The van der Waals surface area contributed by atoms with E-state index in [2.05, 4.69) is 125 Å². The van der Waals surface area contributed by atoms with Crippen molar-refractivity contribution in [2.75, 3.05) is 0 Å². The summed E-state index contributed by atoms with van der Waals surface area (Å²) in [6, 6.07) is 41.1. The summed E-state index contributed by atoms with van der Waals surface area (Å²) >= 11 is 3.87. The van der Waals surface area contributed by atoms with Crippen LogP contribution in [0.15, 0.2) is 124 Å². The first kappa shape index (κ1) is 18.9. The van der Waals surface area contributed by atoms with E-state index >= 15 is 0 Å². The zero-order valence-corrected chi connectivity index (χ0v) is 19.3. The smallest absolute Gasteiger partial charge is 0.140 e. The Morgan fingerprint density at radius 3 is 2.12 bits per heavy atom. The Bertz CT molecular complexity index is 1680. The molecule has 0 radical (unpaired) electrons. The number of fused-ring (bicyclic) bond motifs is 6. The van der Waals surface area contributed by atoms with E-state index in [1.54, 1.807) is 0 Å². The number of rotatable bonds is 2. The number of hydrogen-bond acceptors (Lipinski definition) is 1. The highest BCUT2D eigenvalue weighted by molar-refractivity contribution is 9.10. The Labute approximate surface area is 200 Å². The SMILES string of the molecule is Brc1cccc2c1-c1ccccc1C2(c1ccccc1)c1cccc2c1oc1ccccc12. The highest BCUT2D eigenvalue weighted by atomic mass is 79.9. The van der Waals surface area contributed by atoms with Crippen LogP contribution in [0.2, 0.25) is 0 Å². The maximum Gasteiger partial charge on any atom is 0.140 e. The van der Waals surface area contributed by atoms with E-state index in [4.69, 9.17) is 4.42 Å². The molecule has 1 heterocycles. The van der Waals surface area contributed by atoms with Gasteiger partial charge in [0.25, 0.3) is 0 Å². The van der Waals surface area contributed by atoms with Gasteiger partial charge in [0, 0.05) is 26.4 Å². The fraction of sp³-hybridized carbons (Fsp3) is 0.0323. The highest BCUT2D eigenvalue weighted by Crippen LogP contribution is 2.58. The van der Waals surface area contributed by atoms with Crippen LogP contribution in [0.3, 0.4) is 0 Å². The maximum absolute atomic E-state index is 6.59. The lowest BCUT2D eigenvalue weighted by molar-refractivity contribution is 0.648. The summed E-state index contributed by atoms with van der Waals surface area (Å²) in [5.74, 6) is 0. The van der Waals surface area contributed by atoms with Crippen molar-refractivity contribution in [3.8, 4) is 11.1 Å². The predicted octanol–water partition coefficient (Wildman–Crippen LogP) is 8.71. The molecular weight excluding hydrogens is 468 g/mol. The molecule has 7 rings (SSSR count). The van der Waals surface area contributed by atoms with Gasteiger partial charge in [0.1, 0.15) is 11.2 Å². The summed E-state index contributed by atoms with van der Waals surface area (Å²) in [7, 11) is 0. The lowest BCUT2D eigenvalue weighted by atomic mass is 9.67. The fourth-order valence-electron chi connectivity index (χ4n) is 5.77. The third-order valence-corrected chi connectivity index (χ3v) is 7.69. The lowest BCUT2D eigenvalue weighted by Gasteiger charge is -2.33. The number of para-hydroxylation sites is 2. The Hall–Kier alpha value is -3.62. The van der Waals surface area contributed by atoms with E-state index in [0.29, 0.717) is 0 Å². The lowest BCUT2D eigenvalue weighted by Crippen LogP contribution is -2.28. The van der Waals surface area contributed by atoms with Crippen molar-refractivity contribution in [1.82, 2.24) is 0 Å². The molecule has 1 aliphatic carbocycles. The molecule has 0 amide bonds. The van der Waals surface area contributed by atoms with E-state index in [-0.39, 0.29) is 0 Å². The molecule has 156 valence electrons. The van der Waals surface area contributed by atoms with Crippen LogP contribution in [-0.4, -0.2) is 0 Å². The third kappa shape index (κ3) is 2.42. The fourth-order valence-corrected chi connectivity index (χ4v) is 6.35. The van der Waals surface area contributed by atoms with Crippen LogP contribution in [-0.2, 0) is 5.41 Å². The molecule has 0 bridgehead atoms. The van der Waals surface area contributed by atoms with Crippen molar-refractivity contribution < 1.29 is 4.42 Å². The minimum atomic E-state index is -0.482. The molecule has 1 aliphatic rings. The van der Waals surface area contributed by atoms with Crippen molar-refractivity contribution in [2.24, 2.45) is 0 Å². The van der Waals surface area contributed by atoms with E-state index in [0.717, 1.165) is 26.4 Å². The minimum Gasteiger partial charge on any atom is -0.456 e. The standard InChI is InChI=1S/C31H19BrO/c32-27-18-9-16-25-29(27)23-13-4-6-15-24(23)31(25,20-10-2-1-3-11-20)26-17-8-14-22-21-12-5-7-19-28(21)33-30(22)26/h1-19H. The van der Waals surface area contributed by atoms with E-state index in [1.165, 1.54) is 33.4 Å². The van der Waals surface area contributed by atoms with Gasteiger partial charge >= 0.3 is 0 Å². The first-order chi connectivity index (χ1) is 16.3. The predicted molar refractivity (Wildman–Crippen MR) is 139 cm³/mol. The molecule has 1 nitrogen and oxygen atoms in total. The number of hydrogen-bond donors (Lipinski definition) is 0. The van der Waals surface area contributed by atoms with Crippen LogP contribution in [0.4, 0.5) is 0 Å². The van der Waals surface area contributed by atoms with Gasteiger partial charge in [-0.25, -0.2) is 0 Å². The Morgan fingerprint density at radius 2 is 1.21 bits per heavy atom. The molecule has 0 spiro atoms. The van der Waals surface area contributed by atoms with Gasteiger partial charge in [-0.3, -0.25) is 0 Å². The van der Waals surface area contributed by atoms with E-state index in [9.17, 15) is 0 Å². The van der Waals surface area contributed by atoms with Crippen molar-refractivity contribution in [3.05, 3.63) is 142 Å². The van der Waals surface area contributed by atoms with Crippen LogP contribution in [0.25, 0.3) is 33.1 Å². The van der Waals surface area contributed by atoms with Crippen molar-refractivity contribution in [3.63, 3.8) is 0 Å². The zero-order chi connectivity index (χ0) is 22.0. The summed E-state index contributed by atoms with van der Waals surface area (Å²) in [6.07, 6.45) is 0. The molecule has 33 heavy (non-hydrogen) atoms. The van der Waals surface area contributed by atoms with Gasteiger partial charge in [0.15, 0.2) is 0 Å². The van der Waals surface area contributed by atoms with Crippen LogP contribution < -0.4 is 0 Å². The first-order valence-electron chi connectivity index (χ1n) is 11.2. The molecule has 1 aromatic heterocycles. The summed E-state index contributed by atoms with van der Waals surface area (Å²) in [6.45, 7) is 0. The van der Waals surface area contributed by atoms with Crippen molar-refractivity contribution in [1.29, 1.82) is 0 Å². The zero-order valence-electron chi connectivity index (χ0n) is 17.8. The quantitative estimate of drug-likeness (QED) is 0.238. The van der Waals surface area contributed by atoms with Gasteiger partial charge in [-0.2, -0.15) is 0 Å². The van der Waals surface area contributed by atoms with Crippen LogP contribution in [0, 0.1) is 0 Å². The first-order valence-corrected chi connectivity index (χ1v) is 11.9. The number of halogens is 1. The van der Waals surface area contributed by atoms with Gasteiger partial charge in [0.05, 0.1) is 5.41 Å². The molecule has 2 heteroatoms. The average molecular weight is 487 g/mol. The maximum atomic E-state index is 6.59. The molecule has 0 aliphatic heterocycles. The monoisotopic (exact) mass is 486 g/mol. The highest BCUT2D eigenvalue weighted by Gasteiger charge is 2.48. The molecule has 0 fully saturated rings. The average Bonchev–Trinajstić information content (AvgIpc) is 3.39. The molecule has 1 atom stereocenters. The van der Waals surface area contributed by atoms with E-state index in [1.807, 2.05) is 6.07 Å². The minimum absolute atomic E-state index is 0.482. The summed E-state index contributed by atoms with van der Waals surface area (Å²) in [5, 5.41) is 2.30. The van der Waals surface area contributed by atoms with Crippen LogP contribution in [0.1, 0.15) is 22.3 Å². The summed E-state index contributed by atoms with van der Waals surface area (Å²) in [4.78, 5) is 0. The second-order valence-electron chi connectivity index (χ2n) is 8.60. The van der Waals surface area contributed by atoms with Crippen molar-refractivity contribution in [2.45, 2.75) is 5.41 Å². The summed E-state index contributed by atoms with van der Waals surface area (Å²) < 4.78 is 7.70. The Kier molecular flexibility index (Phi) is 3.97.